The van der Waals surface area contributed by atoms with Crippen LogP contribution in [0, 0.1) is 0 Å². The van der Waals surface area contributed by atoms with Crippen LogP contribution in [0.3, 0.4) is 0 Å². The highest BCUT2D eigenvalue weighted by Gasteiger charge is 1.91. The fourth-order valence-corrected chi connectivity index (χ4v) is 0.455. The third-order valence-electron chi connectivity index (χ3n) is 0.663. The Morgan fingerprint density at radius 1 is 1.70 bits per heavy atom. The summed E-state index contributed by atoms with van der Waals surface area (Å²) >= 11 is 0. The molecular formula is C5H12N4O. The Hall–Kier alpha value is -1.23. The maximum Gasteiger partial charge on any atom is 0.222 e. The van der Waals surface area contributed by atoms with Gasteiger partial charge in [0.2, 0.25) is 5.91 Å². The Balaban J connectivity index is 3.82. The van der Waals surface area contributed by atoms with Gasteiger partial charge in [0.1, 0.15) is 5.82 Å². The molecule has 0 unspecified atom stereocenters. The molecule has 0 aromatic heterocycles. The fourth-order valence-electron chi connectivity index (χ4n) is 0.455. The highest BCUT2D eigenvalue weighted by molar-refractivity contribution is 5.74. The van der Waals surface area contributed by atoms with Crippen LogP contribution < -0.4 is 16.9 Å². The van der Waals surface area contributed by atoms with Crippen molar-refractivity contribution in [3.05, 3.63) is 12.0 Å². The van der Waals surface area contributed by atoms with Crippen molar-refractivity contribution in [3.63, 3.8) is 0 Å². The molecular weight excluding hydrogens is 132 g/mol. The number of nitrogens with one attached hydrogen (secondary N) is 1. The highest BCUT2D eigenvalue weighted by Crippen LogP contribution is 1.77. The second-order valence-corrected chi connectivity index (χ2v) is 1.93. The minimum absolute atomic E-state index is 0.212. The Morgan fingerprint density at radius 2 is 2.20 bits per heavy atom. The van der Waals surface area contributed by atoms with E-state index in [-0.39, 0.29) is 11.7 Å². The Morgan fingerprint density at radius 3 is 2.50 bits per heavy atom. The predicted molar refractivity (Wildman–Crippen MR) is 38.0 cm³/mol. The molecule has 0 saturated carbocycles. The van der Waals surface area contributed by atoms with Crippen molar-refractivity contribution in [1.82, 2.24) is 10.3 Å². The molecule has 0 spiro atoms. The first-order valence-corrected chi connectivity index (χ1v) is 2.75. The smallest absolute Gasteiger partial charge is 0.222 e. The fraction of sp³-hybridized carbons (Fsp3) is 0.400. The number of hydrogen-bond donors (Lipinski definition) is 3. The first kappa shape index (κ1) is 8.77. The van der Waals surface area contributed by atoms with Crippen LogP contribution in [-0.2, 0) is 4.79 Å². The molecule has 5 nitrogen and oxygen atoms in total. The SMILES string of the molecule is CC(=O)N/C(N)=C/N(C)N. The third-order valence-corrected chi connectivity index (χ3v) is 0.663. The van der Waals surface area contributed by atoms with Crippen LogP contribution in [0.5, 0.6) is 0 Å². The van der Waals surface area contributed by atoms with E-state index >= 15 is 0 Å². The standard InChI is InChI=1S/C5H12N4O/c1-4(10)8-5(6)3-9(2)7/h3H,6-7H2,1-2H3,(H,8,10)/b5-3+. The number of amides is 1. The van der Waals surface area contributed by atoms with Gasteiger partial charge >= 0.3 is 0 Å². The normalized spacial score (nSPS) is 10.9. The molecule has 0 aliphatic rings. The van der Waals surface area contributed by atoms with Gasteiger partial charge in [-0.15, -0.1) is 0 Å². The number of carbonyl (C=O) groups is 1. The van der Waals surface area contributed by atoms with Crippen LogP contribution in [0.2, 0.25) is 0 Å². The average molecular weight is 144 g/mol. The maximum atomic E-state index is 10.3. The Bertz CT molecular complexity index is 152. The molecule has 10 heavy (non-hydrogen) atoms. The number of nitrogens with zero attached hydrogens (tertiary/aromatic N) is 1. The van der Waals surface area contributed by atoms with Crippen LogP contribution in [0.25, 0.3) is 0 Å². The molecule has 0 aliphatic carbocycles. The van der Waals surface area contributed by atoms with Gasteiger partial charge < -0.3 is 16.1 Å². The quantitative estimate of drug-likeness (QED) is 0.332. The van der Waals surface area contributed by atoms with Gasteiger partial charge in [-0.2, -0.15) is 0 Å². The number of hydrazine groups is 1. The summed E-state index contributed by atoms with van der Waals surface area (Å²) in [4.78, 5) is 10.3. The molecule has 0 bridgehead atoms. The largest absolute Gasteiger partial charge is 0.384 e. The van der Waals surface area contributed by atoms with Crippen molar-refractivity contribution in [3.8, 4) is 0 Å². The van der Waals surface area contributed by atoms with E-state index in [0.717, 1.165) is 0 Å². The van der Waals surface area contributed by atoms with E-state index in [4.69, 9.17) is 11.6 Å². The zero-order chi connectivity index (χ0) is 8.15. The van der Waals surface area contributed by atoms with Crippen molar-refractivity contribution in [2.45, 2.75) is 6.92 Å². The van der Waals surface area contributed by atoms with E-state index in [0.29, 0.717) is 0 Å². The lowest BCUT2D eigenvalue weighted by Crippen LogP contribution is -2.29. The van der Waals surface area contributed by atoms with E-state index in [1.807, 2.05) is 0 Å². The molecule has 0 heterocycles. The summed E-state index contributed by atoms with van der Waals surface area (Å²) < 4.78 is 0. The van der Waals surface area contributed by atoms with Crippen LogP contribution in [-0.4, -0.2) is 18.0 Å². The van der Waals surface area contributed by atoms with Gasteiger partial charge in [0.15, 0.2) is 0 Å². The number of carbonyl (C=O) groups excluding carboxylic acids is 1. The van der Waals surface area contributed by atoms with Crippen LogP contribution in [0.4, 0.5) is 0 Å². The van der Waals surface area contributed by atoms with Crippen LogP contribution >= 0.6 is 0 Å². The molecule has 0 aliphatic heterocycles. The van der Waals surface area contributed by atoms with Crippen molar-refractivity contribution >= 4 is 5.91 Å². The van der Waals surface area contributed by atoms with Gasteiger partial charge in [-0.05, 0) is 0 Å². The van der Waals surface area contributed by atoms with Gasteiger partial charge in [0, 0.05) is 14.0 Å². The van der Waals surface area contributed by atoms with Gasteiger partial charge in [0.25, 0.3) is 0 Å². The van der Waals surface area contributed by atoms with Crippen molar-refractivity contribution in [2.75, 3.05) is 7.05 Å². The lowest BCUT2D eigenvalue weighted by molar-refractivity contribution is -0.118. The third kappa shape index (κ3) is 4.92. The summed E-state index contributed by atoms with van der Waals surface area (Å²) in [5.41, 5.74) is 5.28. The summed E-state index contributed by atoms with van der Waals surface area (Å²) in [6.07, 6.45) is 1.40. The molecule has 0 rings (SSSR count). The molecule has 0 radical (unpaired) electrons. The lowest BCUT2D eigenvalue weighted by Gasteiger charge is -2.06. The zero-order valence-corrected chi connectivity index (χ0v) is 6.09. The molecule has 58 valence electrons. The predicted octanol–water partition coefficient (Wildman–Crippen LogP) is -1.31. The van der Waals surface area contributed by atoms with E-state index in [1.165, 1.54) is 18.1 Å². The first-order valence-electron chi connectivity index (χ1n) is 2.75. The monoisotopic (exact) mass is 144 g/mol. The molecule has 0 fully saturated rings. The average Bonchev–Trinajstić information content (AvgIpc) is 1.58. The van der Waals surface area contributed by atoms with E-state index in [2.05, 4.69) is 5.32 Å². The molecule has 0 saturated heterocycles. The summed E-state index contributed by atoms with van der Waals surface area (Å²) in [6.45, 7) is 1.37. The van der Waals surface area contributed by atoms with Crippen molar-refractivity contribution in [1.29, 1.82) is 0 Å². The van der Waals surface area contributed by atoms with Crippen LogP contribution in [0.1, 0.15) is 6.92 Å². The minimum atomic E-state index is -0.212. The van der Waals surface area contributed by atoms with E-state index in [9.17, 15) is 4.79 Å². The van der Waals surface area contributed by atoms with Gasteiger partial charge in [-0.3, -0.25) is 4.79 Å². The second-order valence-electron chi connectivity index (χ2n) is 1.93. The Labute approximate surface area is 59.6 Å². The minimum Gasteiger partial charge on any atom is -0.384 e. The van der Waals surface area contributed by atoms with Gasteiger partial charge in [-0.1, -0.05) is 0 Å². The zero-order valence-electron chi connectivity index (χ0n) is 6.09. The van der Waals surface area contributed by atoms with E-state index in [1.54, 1.807) is 7.05 Å². The van der Waals surface area contributed by atoms with E-state index < -0.39 is 0 Å². The molecule has 0 aromatic rings. The summed E-state index contributed by atoms with van der Waals surface area (Å²) in [6, 6.07) is 0. The Kier molecular flexibility index (Phi) is 3.27. The second kappa shape index (κ2) is 3.73. The number of nitrogens with two attached hydrogens (primary N) is 2. The van der Waals surface area contributed by atoms with Gasteiger partial charge in [0.05, 0.1) is 6.20 Å². The number of hydrogen-bond acceptors (Lipinski definition) is 4. The molecule has 0 atom stereocenters. The maximum absolute atomic E-state index is 10.3. The summed E-state index contributed by atoms with van der Waals surface area (Å²) in [5.74, 6) is 5.22. The van der Waals surface area contributed by atoms with Crippen LogP contribution in [0.15, 0.2) is 12.0 Å². The highest BCUT2D eigenvalue weighted by atomic mass is 16.1. The summed E-state index contributed by atoms with van der Waals surface area (Å²) in [5, 5.41) is 3.61. The number of rotatable bonds is 2. The van der Waals surface area contributed by atoms with Crippen molar-refractivity contribution < 1.29 is 4.79 Å². The molecule has 0 aromatic carbocycles. The molecule has 1 amide bonds. The summed E-state index contributed by atoms with van der Waals surface area (Å²) in [7, 11) is 1.61. The molecule has 5 N–H and O–H groups in total. The first-order chi connectivity index (χ1) is 4.52. The van der Waals surface area contributed by atoms with Gasteiger partial charge in [-0.25, -0.2) is 5.84 Å². The lowest BCUT2D eigenvalue weighted by atomic mass is 10.6. The molecule has 5 heteroatoms. The topological polar surface area (TPSA) is 84.4 Å². The van der Waals surface area contributed by atoms with Crippen molar-refractivity contribution in [2.24, 2.45) is 11.6 Å².